The van der Waals surface area contributed by atoms with E-state index in [0.29, 0.717) is 18.8 Å². The van der Waals surface area contributed by atoms with Crippen molar-refractivity contribution in [3.05, 3.63) is 35.3 Å². The average molecular weight is 162 g/mol. The molecule has 3 heteroatoms. The number of hydrogen-bond donors (Lipinski definition) is 0. The first kappa shape index (κ1) is 8.54. The first-order chi connectivity index (χ1) is 5.88. The van der Waals surface area contributed by atoms with Crippen molar-refractivity contribution in [2.75, 3.05) is 13.7 Å². The van der Waals surface area contributed by atoms with Crippen molar-refractivity contribution in [1.29, 1.82) is 0 Å². The third-order valence-electron chi connectivity index (χ3n) is 1.54. The molecule has 0 aromatic carbocycles. The van der Waals surface area contributed by atoms with Crippen LogP contribution in [0.4, 0.5) is 0 Å². The van der Waals surface area contributed by atoms with E-state index in [4.69, 9.17) is 11.3 Å². The lowest BCUT2D eigenvalue weighted by Gasteiger charge is -2.02. The highest BCUT2D eigenvalue weighted by molar-refractivity contribution is 5.25. The Hall–Kier alpha value is -1.56. The lowest BCUT2D eigenvalue weighted by Crippen LogP contribution is -1.95. The van der Waals surface area contributed by atoms with E-state index in [-0.39, 0.29) is 0 Å². The molecule has 0 bridgehead atoms. The third-order valence-corrected chi connectivity index (χ3v) is 1.54. The minimum Gasteiger partial charge on any atom is -0.481 e. The number of hydrogen-bond acceptors (Lipinski definition) is 2. The van der Waals surface area contributed by atoms with Gasteiger partial charge in [-0.15, -0.1) is 0 Å². The molecule has 1 aromatic heterocycles. The molecule has 0 N–H and O–H groups in total. The molecule has 1 heterocycles. The molecule has 62 valence electrons. The van der Waals surface area contributed by atoms with Crippen molar-refractivity contribution in [1.82, 2.24) is 4.98 Å². The Labute approximate surface area is 71.8 Å². The molecule has 0 spiro atoms. The highest BCUT2D eigenvalue weighted by Crippen LogP contribution is 2.13. The second-order valence-corrected chi connectivity index (χ2v) is 2.30. The normalized spacial score (nSPS) is 9.00. The first-order valence-electron chi connectivity index (χ1n) is 3.69. The number of pyridine rings is 1. The zero-order valence-electron chi connectivity index (χ0n) is 6.95. The van der Waals surface area contributed by atoms with E-state index in [0.717, 1.165) is 5.56 Å². The zero-order chi connectivity index (χ0) is 8.81. The van der Waals surface area contributed by atoms with Crippen molar-refractivity contribution >= 4 is 0 Å². The molecule has 0 aliphatic rings. The van der Waals surface area contributed by atoms with E-state index in [1.165, 1.54) is 0 Å². The van der Waals surface area contributed by atoms with Crippen LogP contribution in [0.15, 0.2) is 18.3 Å². The third kappa shape index (κ3) is 1.96. The summed E-state index contributed by atoms with van der Waals surface area (Å²) < 4.78 is 5.03. The van der Waals surface area contributed by atoms with Crippen LogP contribution < -0.4 is 4.74 Å². The Balaban J connectivity index is 2.76. The fourth-order valence-corrected chi connectivity index (χ4v) is 0.975. The molecule has 12 heavy (non-hydrogen) atoms. The van der Waals surface area contributed by atoms with Crippen molar-refractivity contribution in [2.24, 2.45) is 0 Å². The average Bonchev–Trinajstić information content (AvgIpc) is 2.15. The quantitative estimate of drug-likeness (QED) is 0.630. The van der Waals surface area contributed by atoms with Gasteiger partial charge in [0.1, 0.15) is 0 Å². The van der Waals surface area contributed by atoms with Crippen LogP contribution in [0.2, 0.25) is 0 Å². The second kappa shape index (κ2) is 4.35. The maximum atomic E-state index is 6.64. The van der Waals surface area contributed by atoms with Crippen molar-refractivity contribution in [3.8, 4) is 5.88 Å². The molecule has 0 unspecified atom stereocenters. The summed E-state index contributed by atoms with van der Waals surface area (Å²) in [5, 5.41) is 0. The molecule has 0 aliphatic carbocycles. The minimum absolute atomic E-state index is 0.488. The molecule has 0 radical (unpaired) electrons. The van der Waals surface area contributed by atoms with E-state index in [1.54, 1.807) is 13.3 Å². The second-order valence-electron chi connectivity index (χ2n) is 2.30. The highest BCUT2D eigenvalue weighted by atomic mass is 16.5. The first-order valence-corrected chi connectivity index (χ1v) is 3.69. The molecule has 0 saturated heterocycles. The van der Waals surface area contributed by atoms with Gasteiger partial charge in [-0.25, -0.2) is 11.6 Å². The van der Waals surface area contributed by atoms with Gasteiger partial charge in [0, 0.05) is 11.8 Å². The molecule has 0 aliphatic heterocycles. The van der Waals surface area contributed by atoms with Crippen LogP contribution in [0.3, 0.4) is 0 Å². The van der Waals surface area contributed by atoms with Gasteiger partial charge < -0.3 is 9.58 Å². The summed E-state index contributed by atoms with van der Waals surface area (Å²) in [5.41, 5.74) is 0.996. The van der Waals surface area contributed by atoms with Gasteiger partial charge in [0.05, 0.1) is 13.5 Å². The van der Waals surface area contributed by atoms with Crippen molar-refractivity contribution in [2.45, 2.75) is 6.42 Å². The number of nitrogens with zero attached hydrogens (tertiary/aromatic N) is 2. The predicted molar refractivity (Wildman–Crippen MR) is 46.0 cm³/mol. The van der Waals surface area contributed by atoms with Gasteiger partial charge in [-0.05, 0) is 6.07 Å². The van der Waals surface area contributed by atoms with E-state index in [9.17, 15) is 0 Å². The van der Waals surface area contributed by atoms with Crippen LogP contribution >= 0.6 is 0 Å². The highest BCUT2D eigenvalue weighted by Gasteiger charge is 2.02. The summed E-state index contributed by atoms with van der Waals surface area (Å²) >= 11 is 0. The van der Waals surface area contributed by atoms with Crippen LogP contribution in [-0.4, -0.2) is 18.6 Å². The number of ether oxygens (including phenoxy) is 1. The molecule has 1 aromatic rings. The van der Waals surface area contributed by atoms with E-state index >= 15 is 0 Å². The smallest absolute Gasteiger partial charge is 0.218 e. The summed E-state index contributed by atoms with van der Waals surface area (Å²) in [6, 6.07) is 3.78. The standard InChI is InChI=1S/C9H10N2O/c1-10-7-5-8-4-3-6-11-9(8)12-2/h3-4,6H,5,7H2,2H3. The monoisotopic (exact) mass is 162 g/mol. The molecular weight excluding hydrogens is 152 g/mol. The largest absolute Gasteiger partial charge is 0.481 e. The van der Waals surface area contributed by atoms with Crippen molar-refractivity contribution in [3.63, 3.8) is 0 Å². The van der Waals surface area contributed by atoms with Crippen LogP contribution in [0.25, 0.3) is 4.85 Å². The summed E-state index contributed by atoms with van der Waals surface area (Å²) in [5.74, 6) is 0.626. The summed E-state index contributed by atoms with van der Waals surface area (Å²) in [6.07, 6.45) is 2.39. The molecule has 0 fully saturated rings. The van der Waals surface area contributed by atoms with E-state index in [1.807, 2.05) is 12.1 Å². The van der Waals surface area contributed by atoms with Gasteiger partial charge in [-0.1, -0.05) is 6.07 Å². The molecule has 0 atom stereocenters. The van der Waals surface area contributed by atoms with Gasteiger partial charge in [-0.3, -0.25) is 0 Å². The molecule has 0 amide bonds. The Morgan fingerprint density at radius 3 is 3.17 bits per heavy atom. The molecular formula is C9H10N2O. The van der Waals surface area contributed by atoms with E-state index in [2.05, 4.69) is 9.83 Å². The fourth-order valence-electron chi connectivity index (χ4n) is 0.975. The van der Waals surface area contributed by atoms with Crippen molar-refractivity contribution < 1.29 is 4.74 Å². The summed E-state index contributed by atoms with van der Waals surface area (Å²) in [4.78, 5) is 7.30. The Kier molecular flexibility index (Phi) is 3.09. The lowest BCUT2D eigenvalue weighted by molar-refractivity contribution is 0.393. The number of aromatic nitrogens is 1. The molecule has 3 nitrogen and oxygen atoms in total. The maximum absolute atomic E-state index is 6.64. The van der Waals surface area contributed by atoms with Gasteiger partial charge >= 0.3 is 0 Å². The predicted octanol–water partition coefficient (Wildman–Crippen LogP) is 1.55. The molecule has 1 rings (SSSR count). The van der Waals surface area contributed by atoms with Crippen LogP contribution in [-0.2, 0) is 6.42 Å². The lowest BCUT2D eigenvalue weighted by atomic mass is 10.2. The van der Waals surface area contributed by atoms with E-state index < -0.39 is 0 Å². The van der Waals surface area contributed by atoms with Crippen LogP contribution in [0.1, 0.15) is 5.56 Å². The van der Waals surface area contributed by atoms with Gasteiger partial charge in [0.2, 0.25) is 12.4 Å². The Bertz CT molecular complexity index is 291. The zero-order valence-corrected chi connectivity index (χ0v) is 6.95. The maximum Gasteiger partial charge on any atom is 0.218 e. The van der Waals surface area contributed by atoms with Gasteiger partial charge in [0.15, 0.2) is 0 Å². The molecule has 0 saturated carbocycles. The Morgan fingerprint density at radius 1 is 1.67 bits per heavy atom. The van der Waals surface area contributed by atoms with Crippen LogP contribution in [0.5, 0.6) is 5.88 Å². The van der Waals surface area contributed by atoms with Gasteiger partial charge in [-0.2, -0.15) is 0 Å². The fraction of sp³-hybridized carbons (Fsp3) is 0.333. The Morgan fingerprint density at radius 2 is 2.50 bits per heavy atom. The van der Waals surface area contributed by atoms with Crippen LogP contribution in [0, 0.1) is 6.57 Å². The number of methoxy groups -OCH3 is 1. The van der Waals surface area contributed by atoms with Gasteiger partial charge in [0.25, 0.3) is 0 Å². The number of rotatable bonds is 3. The summed E-state index contributed by atoms with van der Waals surface area (Å²) in [7, 11) is 1.59. The summed E-state index contributed by atoms with van der Waals surface area (Å²) in [6.45, 7) is 7.13. The minimum atomic E-state index is 0.488. The SMILES string of the molecule is [C-]#[N+]CCc1cccnc1OC. The topological polar surface area (TPSA) is 26.5 Å².